The molecule has 2 nitrogen and oxygen atoms in total. The van der Waals surface area contributed by atoms with Crippen molar-refractivity contribution in [3.8, 4) is 0 Å². The van der Waals surface area contributed by atoms with Crippen LogP contribution in [-0.2, 0) is 6.18 Å². The topological polar surface area (TPSA) is 24.9 Å². The van der Waals surface area contributed by atoms with Crippen LogP contribution >= 0.6 is 0 Å². The maximum Gasteiger partial charge on any atom is 0.416 e. The van der Waals surface area contributed by atoms with Crippen LogP contribution in [0.15, 0.2) is 42.6 Å². The van der Waals surface area contributed by atoms with Crippen LogP contribution in [0.25, 0.3) is 0 Å². The molecule has 0 amide bonds. The first kappa shape index (κ1) is 14.5. The molecule has 0 saturated carbocycles. The molecule has 0 aliphatic carbocycles. The van der Waals surface area contributed by atoms with Gasteiger partial charge in [-0.05, 0) is 37.2 Å². The Bertz CT molecular complexity index is 576. The number of hydrogen-bond acceptors (Lipinski definition) is 2. The Kier molecular flexibility index (Phi) is 4.09. The van der Waals surface area contributed by atoms with Crippen molar-refractivity contribution in [1.82, 2.24) is 10.3 Å². The Labute approximate surface area is 115 Å². The maximum atomic E-state index is 13.1. The predicted octanol–water partition coefficient (Wildman–Crippen LogP) is 3.72. The van der Waals surface area contributed by atoms with E-state index in [9.17, 15) is 13.2 Å². The zero-order chi connectivity index (χ0) is 14.8. The van der Waals surface area contributed by atoms with Gasteiger partial charge in [0.1, 0.15) is 0 Å². The summed E-state index contributed by atoms with van der Waals surface area (Å²) in [4.78, 5) is 4.14. The number of pyridine rings is 1. The van der Waals surface area contributed by atoms with Gasteiger partial charge in [-0.1, -0.05) is 24.3 Å². The zero-order valence-electron chi connectivity index (χ0n) is 11.2. The normalized spacial score (nSPS) is 13.2. The molecule has 1 unspecified atom stereocenters. The molecule has 0 aliphatic rings. The fourth-order valence-corrected chi connectivity index (χ4v) is 2.16. The highest BCUT2D eigenvalue weighted by Crippen LogP contribution is 2.36. The van der Waals surface area contributed by atoms with Gasteiger partial charge in [0.05, 0.1) is 11.6 Å². The molecule has 20 heavy (non-hydrogen) atoms. The molecular weight excluding hydrogens is 265 g/mol. The van der Waals surface area contributed by atoms with Crippen LogP contribution in [0.2, 0.25) is 0 Å². The molecule has 2 rings (SSSR count). The largest absolute Gasteiger partial charge is 0.416 e. The SMILES string of the molecule is CNC(c1ccc(C)nc1)c1ccccc1C(F)(F)F. The smallest absolute Gasteiger partial charge is 0.309 e. The highest BCUT2D eigenvalue weighted by Gasteiger charge is 2.35. The minimum Gasteiger partial charge on any atom is -0.309 e. The highest BCUT2D eigenvalue weighted by atomic mass is 19.4. The lowest BCUT2D eigenvalue weighted by molar-refractivity contribution is -0.138. The van der Waals surface area contributed by atoms with Crippen molar-refractivity contribution in [1.29, 1.82) is 0 Å². The number of halogens is 3. The number of nitrogens with zero attached hydrogens (tertiary/aromatic N) is 1. The van der Waals surface area contributed by atoms with E-state index in [4.69, 9.17) is 0 Å². The Hall–Kier alpha value is -1.88. The van der Waals surface area contributed by atoms with E-state index in [0.717, 1.165) is 11.8 Å². The summed E-state index contributed by atoms with van der Waals surface area (Å²) in [6, 6.07) is 8.63. The summed E-state index contributed by atoms with van der Waals surface area (Å²) < 4.78 is 39.2. The summed E-state index contributed by atoms with van der Waals surface area (Å²) in [6.07, 6.45) is -2.77. The summed E-state index contributed by atoms with van der Waals surface area (Å²) in [5, 5.41) is 2.93. The van der Waals surface area contributed by atoms with Crippen molar-refractivity contribution in [2.24, 2.45) is 0 Å². The second-order valence-electron chi connectivity index (χ2n) is 4.54. The standard InChI is InChI=1S/C15H15F3N2/c1-10-7-8-11(9-20-10)14(19-2)12-5-3-4-6-13(12)15(16,17)18/h3-9,14,19H,1-2H3. The maximum absolute atomic E-state index is 13.1. The predicted molar refractivity (Wildman–Crippen MR) is 71.3 cm³/mol. The van der Waals surface area contributed by atoms with E-state index >= 15 is 0 Å². The van der Waals surface area contributed by atoms with Gasteiger partial charge in [0, 0.05) is 11.9 Å². The van der Waals surface area contributed by atoms with Crippen molar-refractivity contribution < 1.29 is 13.2 Å². The quantitative estimate of drug-likeness (QED) is 0.927. The van der Waals surface area contributed by atoms with Gasteiger partial charge in [-0.25, -0.2) is 0 Å². The highest BCUT2D eigenvalue weighted by molar-refractivity contribution is 5.38. The van der Waals surface area contributed by atoms with E-state index in [0.29, 0.717) is 5.56 Å². The van der Waals surface area contributed by atoms with E-state index in [-0.39, 0.29) is 5.56 Å². The summed E-state index contributed by atoms with van der Waals surface area (Å²) in [6.45, 7) is 1.84. The summed E-state index contributed by atoms with van der Waals surface area (Å²) in [5.74, 6) is 0. The van der Waals surface area contributed by atoms with Gasteiger partial charge in [0.15, 0.2) is 0 Å². The lowest BCUT2D eigenvalue weighted by Gasteiger charge is -2.21. The van der Waals surface area contributed by atoms with Gasteiger partial charge in [0.2, 0.25) is 0 Å². The first-order valence-corrected chi connectivity index (χ1v) is 6.19. The molecular formula is C15H15F3N2. The molecule has 0 fully saturated rings. The van der Waals surface area contributed by atoms with Gasteiger partial charge in [0.25, 0.3) is 0 Å². The number of nitrogens with one attached hydrogen (secondary N) is 1. The van der Waals surface area contributed by atoms with Crippen molar-refractivity contribution in [3.63, 3.8) is 0 Å². The third-order valence-electron chi connectivity index (χ3n) is 3.13. The van der Waals surface area contributed by atoms with E-state index in [1.54, 1.807) is 31.4 Å². The average Bonchev–Trinajstić information content (AvgIpc) is 2.41. The lowest BCUT2D eigenvalue weighted by atomic mass is 9.95. The summed E-state index contributed by atoms with van der Waals surface area (Å²) >= 11 is 0. The van der Waals surface area contributed by atoms with Gasteiger partial charge in [-0.15, -0.1) is 0 Å². The Morgan fingerprint density at radius 2 is 1.80 bits per heavy atom. The zero-order valence-corrected chi connectivity index (χ0v) is 11.2. The second kappa shape index (κ2) is 5.63. The van der Waals surface area contributed by atoms with Gasteiger partial charge in [-0.2, -0.15) is 13.2 Å². The first-order chi connectivity index (χ1) is 9.43. The Morgan fingerprint density at radius 1 is 1.10 bits per heavy atom. The number of aromatic nitrogens is 1. The van der Waals surface area contributed by atoms with Crippen LogP contribution in [0.5, 0.6) is 0 Å². The number of alkyl halides is 3. The molecule has 1 aromatic carbocycles. The molecule has 106 valence electrons. The fraction of sp³-hybridized carbons (Fsp3) is 0.267. The first-order valence-electron chi connectivity index (χ1n) is 6.19. The van der Waals surface area contributed by atoms with Crippen molar-refractivity contribution in [3.05, 3.63) is 65.0 Å². The van der Waals surface area contributed by atoms with Crippen LogP contribution in [0.3, 0.4) is 0 Å². The molecule has 1 N–H and O–H groups in total. The average molecular weight is 280 g/mol. The monoisotopic (exact) mass is 280 g/mol. The number of hydrogen-bond donors (Lipinski definition) is 1. The van der Waals surface area contributed by atoms with Crippen molar-refractivity contribution >= 4 is 0 Å². The molecule has 5 heteroatoms. The molecule has 0 spiro atoms. The number of aryl methyl sites for hydroxylation is 1. The summed E-state index contributed by atoms with van der Waals surface area (Å²) in [5.41, 5.74) is 1.11. The van der Waals surface area contributed by atoms with Gasteiger partial charge in [-0.3, -0.25) is 4.98 Å². The van der Waals surface area contributed by atoms with E-state index in [2.05, 4.69) is 10.3 Å². The molecule has 1 atom stereocenters. The number of benzene rings is 1. The molecule has 0 saturated heterocycles. The molecule has 2 aromatic rings. The lowest BCUT2D eigenvalue weighted by Crippen LogP contribution is -2.22. The van der Waals surface area contributed by atoms with E-state index < -0.39 is 17.8 Å². The van der Waals surface area contributed by atoms with E-state index in [1.807, 2.05) is 6.92 Å². The van der Waals surface area contributed by atoms with Crippen LogP contribution < -0.4 is 5.32 Å². The molecule has 0 aliphatic heterocycles. The van der Waals surface area contributed by atoms with Crippen LogP contribution in [0.1, 0.15) is 28.4 Å². The fourth-order valence-electron chi connectivity index (χ4n) is 2.16. The van der Waals surface area contributed by atoms with Crippen molar-refractivity contribution in [2.45, 2.75) is 19.1 Å². The Balaban J connectivity index is 2.50. The minimum atomic E-state index is -4.37. The van der Waals surface area contributed by atoms with Crippen LogP contribution in [0.4, 0.5) is 13.2 Å². The van der Waals surface area contributed by atoms with Gasteiger partial charge < -0.3 is 5.32 Å². The summed E-state index contributed by atoms with van der Waals surface area (Å²) in [7, 11) is 1.64. The van der Waals surface area contributed by atoms with Crippen LogP contribution in [-0.4, -0.2) is 12.0 Å². The van der Waals surface area contributed by atoms with Gasteiger partial charge >= 0.3 is 6.18 Å². The number of rotatable bonds is 3. The minimum absolute atomic E-state index is 0.202. The molecule has 0 bridgehead atoms. The van der Waals surface area contributed by atoms with E-state index in [1.165, 1.54) is 12.1 Å². The third-order valence-corrected chi connectivity index (χ3v) is 3.13. The molecule has 1 aromatic heterocycles. The molecule has 1 heterocycles. The molecule has 0 radical (unpaired) electrons. The Morgan fingerprint density at radius 3 is 2.35 bits per heavy atom. The third kappa shape index (κ3) is 2.99. The van der Waals surface area contributed by atoms with Crippen LogP contribution in [0, 0.1) is 6.92 Å². The van der Waals surface area contributed by atoms with Crippen molar-refractivity contribution in [2.75, 3.05) is 7.05 Å². The second-order valence-corrected chi connectivity index (χ2v) is 4.54.